The van der Waals surface area contributed by atoms with Crippen LogP contribution in [0.4, 0.5) is 10.1 Å². The standard InChI is InChI=1S/C16H14FN3/c17-16-4-2-1-3-13(16)10-20-11-14(9-19-20)12-5-7-15(18)8-6-12/h1-9,11H,10,18H2. The molecule has 0 spiro atoms. The Balaban J connectivity index is 1.84. The van der Waals surface area contributed by atoms with E-state index >= 15 is 0 Å². The average molecular weight is 267 g/mol. The van der Waals surface area contributed by atoms with Crippen LogP contribution >= 0.6 is 0 Å². The van der Waals surface area contributed by atoms with Crippen molar-refractivity contribution in [1.29, 1.82) is 0 Å². The molecule has 20 heavy (non-hydrogen) atoms. The van der Waals surface area contributed by atoms with E-state index in [2.05, 4.69) is 5.10 Å². The SMILES string of the molecule is Nc1ccc(-c2cnn(Cc3ccccc3F)c2)cc1. The van der Waals surface area contributed by atoms with E-state index in [-0.39, 0.29) is 5.82 Å². The van der Waals surface area contributed by atoms with E-state index in [0.717, 1.165) is 16.8 Å². The molecule has 0 aliphatic heterocycles. The largest absolute Gasteiger partial charge is 0.399 e. The molecule has 3 aromatic rings. The molecule has 0 unspecified atom stereocenters. The molecule has 0 saturated heterocycles. The lowest BCUT2D eigenvalue weighted by molar-refractivity contribution is 0.585. The summed E-state index contributed by atoms with van der Waals surface area (Å²) >= 11 is 0. The highest BCUT2D eigenvalue weighted by molar-refractivity contribution is 5.63. The van der Waals surface area contributed by atoms with Gasteiger partial charge in [0.1, 0.15) is 5.82 Å². The van der Waals surface area contributed by atoms with Crippen molar-refractivity contribution < 1.29 is 4.39 Å². The van der Waals surface area contributed by atoms with Crippen LogP contribution in [0.3, 0.4) is 0 Å². The van der Waals surface area contributed by atoms with Crippen LogP contribution in [0.25, 0.3) is 11.1 Å². The molecule has 0 bridgehead atoms. The summed E-state index contributed by atoms with van der Waals surface area (Å²) in [6.45, 7) is 0.418. The second kappa shape index (κ2) is 5.17. The van der Waals surface area contributed by atoms with Gasteiger partial charge in [0.15, 0.2) is 0 Å². The van der Waals surface area contributed by atoms with Crippen LogP contribution < -0.4 is 5.73 Å². The molecule has 100 valence electrons. The third-order valence-corrected chi connectivity index (χ3v) is 3.17. The fourth-order valence-corrected chi connectivity index (χ4v) is 2.08. The number of aromatic nitrogens is 2. The van der Waals surface area contributed by atoms with E-state index < -0.39 is 0 Å². The Bertz CT molecular complexity index is 717. The third-order valence-electron chi connectivity index (χ3n) is 3.17. The van der Waals surface area contributed by atoms with Crippen molar-refractivity contribution in [1.82, 2.24) is 9.78 Å². The summed E-state index contributed by atoms with van der Waals surface area (Å²) in [6, 6.07) is 14.3. The predicted molar refractivity (Wildman–Crippen MR) is 77.6 cm³/mol. The molecular weight excluding hydrogens is 253 g/mol. The van der Waals surface area contributed by atoms with Gasteiger partial charge in [-0.05, 0) is 23.8 Å². The number of nitrogens with zero attached hydrogens (tertiary/aromatic N) is 2. The van der Waals surface area contributed by atoms with Crippen LogP contribution in [0.1, 0.15) is 5.56 Å². The van der Waals surface area contributed by atoms with E-state index in [9.17, 15) is 4.39 Å². The van der Waals surface area contributed by atoms with E-state index in [1.807, 2.05) is 36.5 Å². The zero-order valence-electron chi connectivity index (χ0n) is 10.8. The number of nitrogens with two attached hydrogens (primary N) is 1. The van der Waals surface area contributed by atoms with E-state index in [1.165, 1.54) is 6.07 Å². The highest BCUT2D eigenvalue weighted by Gasteiger charge is 2.05. The maximum atomic E-state index is 13.6. The van der Waals surface area contributed by atoms with Crippen LogP contribution in [-0.4, -0.2) is 9.78 Å². The molecule has 4 heteroatoms. The summed E-state index contributed by atoms with van der Waals surface area (Å²) in [5, 5.41) is 4.27. The predicted octanol–water partition coefficient (Wildman–Crippen LogP) is 3.32. The average Bonchev–Trinajstić information content (AvgIpc) is 2.91. The molecule has 3 rings (SSSR count). The van der Waals surface area contributed by atoms with Gasteiger partial charge >= 0.3 is 0 Å². The highest BCUT2D eigenvalue weighted by atomic mass is 19.1. The maximum absolute atomic E-state index is 13.6. The molecule has 0 aliphatic carbocycles. The second-order valence-corrected chi connectivity index (χ2v) is 4.64. The van der Waals surface area contributed by atoms with Gasteiger partial charge in [0, 0.05) is 23.0 Å². The summed E-state index contributed by atoms with van der Waals surface area (Å²) in [5.74, 6) is -0.211. The van der Waals surface area contributed by atoms with Crippen LogP contribution in [0, 0.1) is 5.82 Å². The van der Waals surface area contributed by atoms with E-state index in [4.69, 9.17) is 5.73 Å². The van der Waals surface area contributed by atoms with Gasteiger partial charge in [0.05, 0.1) is 12.7 Å². The Hall–Kier alpha value is -2.62. The summed E-state index contributed by atoms with van der Waals surface area (Å²) in [6.07, 6.45) is 3.67. The van der Waals surface area contributed by atoms with Gasteiger partial charge in [0.2, 0.25) is 0 Å². The number of nitrogen functional groups attached to an aromatic ring is 1. The number of benzene rings is 2. The monoisotopic (exact) mass is 267 g/mol. The number of hydrogen-bond donors (Lipinski definition) is 1. The lowest BCUT2D eigenvalue weighted by atomic mass is 10.1. The first-order valence-corrected chi connectivity index (χ1v) is 6.34. The topological polar surface area (TPSA) is 43.8 Å². The van der Waals surface area contributed by atoms with Crippen molar-refractivity contribution >= 4 is 5.69 Å². The van der Waals surface area contributed by atoms with Crippen molar-refractivity contribution in [2.24, 2.45) is 0 Å². The highest BCUT2D eigenvalue weighted by Crippen LogP contribution is 2.20. The van der Waals surface area contributed by atoms with Crippen LogP contribution in [0.15, 0.2) is 60.9 Å². The number of halogens is 1. The molecule has 0 saturated carbocycles. The molecular formula is C16H14FN3. The fourth-order valence-electron chi connectivity index (χ4n) is 2.08. The van der Waals surface area contributed by atoms with Gasteiger partial charge in [-0.25, -0.2) is 4.39 Å². The van der Waals surface area contributed by atoms with Crippen molar-refractivity contribution in [3.05, 3.63) is 72.3 Å². The van der Waals surface area contributed by atoms with Gasteiger partial charge in [0.25, 0.3) is 0 Å². The number of rotatable bonds is 3. The first-order chi connectivity index (χ1) is 9.72. The zero-order valence-corrected chi connectivity index (χ0v) is 10.8. The minimum atomic E-state index is -0.211. The maximum Gasteiger partial charge on any atom is 0.128 e. The van der Waals surface area contributed by atoms with Crippen LogP contribution in [-0.2, 0) is 6.54 Å². The number of hydrogen-bond acceptors (Lipinski definition) is 2. The molecule has 2 aromatic carbocycles. The third kappa shape index (κ3) is 2.54. The van der Waals surface area contributed by atoms with Crippen molar-refractivity contribution in [3.8, 4) is 11.1 Å². The Kier molecular flexibility index (Phi) is 3.21. The van der Waals surface area contributed by atoms with Gasteiger partial charge in [-0.15, -0.1) is 0 Å². The minimum absolute atomic E-state index is 0.211. The number of anilines is 1. The summed E-state index contributed by atoms with van der Waals surface area (Å²) in [5.41, 5.74) is 9.05. The minimum Gasteiger partial charge on any atom is -0.399 e. The quantitative estimate of drug-likeness (QED) is 0.740. The van der Waals surface area contributed by atoms with E-state index in [1.54, 1.807) is 23.0 Å². The van der Waals surface area contributed by atoms with Crippen LogP contribution in [0.5, 0.6) is 0 Å². The van der Waals surface area contributed by atoms with Gasteiger partial charge in [-0.1, -0.05) is 30.3 Å². The molecule has 3 nitrogen and oxygen atoms in total. The molecule has 1 aromatic heterocycles. The Labute approximate surface area is 116 Å². The van der Waals surface area contributed by atoms with Crippen molar-refractivity contribution in [2.75, 3.05) is 5.73 Å². The Morgan fingerprint density at radius 1 is 1.00 bits per heavy atom. The molecule has 1 heterocycles. The first kappa shape index (κ1) is 12.4. The summed E-state index contributed by atoms with van der Waals surface area (Å²) < 4.78 is 15.3. The van der Waals surface area contributed by atoms with Crippen molar-refractivity contribution in [2.45, 2.75) is 6.54 Å². The lowest BCUT2D eigenvalue weighted by Gasteiger charge is -2.03. The molecule has 0 radical (unpaired) electrons. The molecule has 0 atom stereocenters. The molecule has 2 N–H and O–H groups in total. The summed E-state index contributed by atoms with van der Waals surface area (Å²) in [4.78, 5) is 0. The molecule has 0 fully saturated rings. The van der Waals surface area contributed by atoms with Gasteiger partial charge < -0.3 is 5.73 Å². The second-order valence-electron chi connectivity index (χ2n) is 4.64. The first-order valence-electron chi connectivity index (χ1n) is 6.34. The Morgan fingerprint density at radius 3 is 2.50 bits per heavy atom. The zero-order chi connectivity index (χ0) is 13.9. The lowest BCUT2D eigenvalue weighted by Crippen LogP contribution is -2.01. The Morgan fingerprint density at radius 2 is 1.75 bits per heavy atom. The van der Waals surface area contributed by atoms with Crippen molar-refractivity contribution in [3.63, 3.8) is 0 Å². The van der Waals surface area contributed by atoms with Crippen LogP contribution in [0.2, 0.25) is 0 Å². The van der Waals surface area contributed by atoms with Gasteiger partial charge in [-0.2, -0.15) is 5.10 Å². The summed E-state index contributed by atoms with van der Waals surface area (Å²) in [7, 11) is 0. The van der Waals surface area contributed by atoms with E-state index in [0.29, 0.717) is 12.1 Å². The molecule has 0 amide bonds. The fraction of sp³-hybridized carbons (Fsp3) is 0.0625. The smallest absolute Gasteiger partial charge is 0.128 e. The van der Waals surface area contributed by atoms with Gasteiger partial charge in [-0.3, -0.25) is 4.68 Å². The normalized spacial score (nSPS) is 10.7. The molecule has 0 aliphatic rings.